The smallest absolute Gasteiger partial charge is 0.261 e. The van der Waals surface area contributed by atoms with Crippen LogP contribution in [0.2, 0.25) is 0 Å². The van der Waals surface area contributed by atoms with Gasteiger partial charge in [-0.05, 0) is 36.0 Å². The molecule has 0 spiro atoms. The highest BCUT2D eigenvalue weighted by molar-refractivity contribution is 7.12. The molecule has 0 radical (unpaired) electrons. The maximum absolute atomic E-state index is 12.1. The van der Waals surface area contributed by atoms with E-state index in [1.807, 2.05) is 12.1 Å². The summed E-state index contributed by atoms with van der Waals surface area (Å²) in [5.74, 6) is 0.375. The van der Waals surface area contributed by atoms with E-state index in [4.69, 9.17) is 11.1 Å². The van der Waals surface area contributed by atoms with Gasteiger partial charge in [0.2, 0.25) is 0 Å². The number of nitrogens with two attached hydrogens (primary N) is 1. The molecule has 1 aliphatic carbocycles. The molecule has 2 aromatic rings. The summed E-state index contributed by atoms with van der Waals surface area (Å²) in [5, 5.41) is 21.3. The van der Waals surface area contributed by atoms with Crippen molar-refractivity contribution in [3.05, 3.63) is 45.1 Å². The van der Waals surface area contributed by atoms with Gasteiger partial charge >= 0.3 is 0 Å². The van der Waals surface area contributed by atoms with Crippen LogP contribution in [-0.2, 0) is 6.54 Å². The predicted molar refractivity (Wildman–Crippen MR) is 87.9 cm³/mol. The fourth-order valence-corrected chi connectivity index (χ4v) is 3.23. The fourth-order valence-electron chi connectivity index (χ4n) is 2.55. The Kier molecular flexibility index (Phi) is 3.85. The molecule has 1 aromatic heterocycles. The van der Waals surface area contributed by atoms with Crippen molar-refractivity contribution in [2.45, 2.75) is 25.3 Å². The first-order chi connectivity index (χ1) is 10.6. The van der Waals surface area contributed by atoms with E-state index < -0.39 is 0 Å². The van der Waals surface area contributed by atoms with Crippen molar-refractivity contribution >= 4 is 29.1 Å². The van der Waals surface area contributed by atoms with Gasteiger partial charge in [-0.2, -0.15) is 0 Å². The lowest BCUT2D eigenvalue weighted by molar-refractivity contribution is 0.0954. The largest absolute Gasteiger partial charge is 0.507 e. The Morgan fingerprint density at radius 2 is 2.27 bits per heavy atom. The molecule has 5 N–H and O–H groups in total. The van der Waals surface area contributed by atoms with E-state index in [1.54, 1.807) is 0 Å². The van der Waals surface area contributed by atoms with Crippen molar-refractivity contribution < 1.29 is 9.90 Å². The summed E-state index contributed by atoms with van der Waals surface area (Å²) in [5.41, 5.74) is 9.27. The molecule has 0 bridgehead atoms. The molecule has 0 atom stereocenters. The van der Waals surface area contributed by atoms with Crippen molar-refractivity contribution in [1.29, 1.82) is 5.41 Å². The van der Waals surface area contributed by atoms with Crippen LogP contribution in [0.4, 0.5) is 5.69 Å². The van der Waals surface area contributed by atoms with E-state index in [0.717, 1.165) is 18.4 Å². The SMILES string of the molecule is N=Cc1c(N)ccc(C2CC2)c1CNC(=O)c1cc(O)cs1. The van der Waals surface area contributed by atoms with Crippen LogP contribution in [0.15, 0.2) is 23.6 Å². The second-order valence-corrected chi connectivity index (χ2v) is 6.32. The lowest BCUT2D eigenvalue weighted by Crippen LogP contribution is -2.23. The molecule has 3 rings (SSSR count). The van der Waals surface area contributed by atoms with Crippen LogP contribution in [0.1, 0.15) is 45.1 Å². The number of rotatable bonds is 5. The quantitative estimate of drug-likeness (QED) is 0.504. The van der Waals surface area contributed by atoms with E-state index >= 15 is 0 Å². The first kappa shape index (κ1) is 14.6. The number of carbonyl (C=O) groups excluding carboxylic acids is 1. The molecular weight excluding hydrogens is 298 g/mol. The van der Waals surface area contributed by atoms with Crippen molar-refractivity contribution in [1.82, 2.24) is 5.32 Å². The van der Waals surface area contributed by atoms with Crippen LogP contribution in [0.3, 0.4) is 0 Å². The van der Waals surface area contributed by atoms with Crippen LogP contribution in [0.25, 0.3) is 0 Å². The fraction of sp³-hybridized carbons (Fsp3) is 0.250. The second kappa shape index (κ2) is 5.81. The summed E-state index contributed by atoms with van der Waals surface area (Å²) in [6.45, 7) is 0.332. The van der Waals surface area contributed by atoms with Crippen LogP contribution < -0.4 is 11.1 Å². The predicted octanol–water partition coefficient (Wildman–Crippen LogP) is 2.84. The lowest BCUT2D eigenvalue weighted by atomic mass is 9.96. The van der Waals surface area contributed by atoms with E-state index in [9.17, 15) is 9.90 Å². The summed E-state index contributed by atoms with van der Waals surface area (Å²) in [4.78, 5) is 12.6. The van der Waals surface area contributed by atoms with E-state index in [-0.39, 0.29) is 11.7 Å². The maximum atomic E-state index is 12.1. The number of anilines is 1. The summed E-state index contributed by atoms with van der Waals surface area (Å²) in [6, 6.07) is 5.27. The minimum Gasteiger partial charge on any atom is -0.507 e. The van der Waals surface area contributed by atoms with Crippen LogP contribution in [-0.4, -0.2) is 17.2 Å². The summed E-state index contributed by atoms with van der Waals surface area (Å²) < 4.78 is 0. The van der Waals surface area contributed by atoms with Gasteiger partial charge in [0.1, 0.15) is 5.75 Å². The van der Waals surface area contributed by atoms with Gasteiger partial charge in [-0.25, -0.2) is 0 Å². The van der Waals surface area contributed by atoms with E-state index in [2.05, 4.69) is 5.32 Å². The lowest BCUT2D eigenvalue weighted by Gasteiger charge is -2.15. The molecule has 1 fully saturated rings. The normalized spacial score (nSPS) is 13.8. The molecule has 0 unspecified atom stereocenters. The molecule has 0 aliphatic heterocycles. The van der Waals surface area contributed by atoms with Gasteiger partial charge in [0.15, 0.2) is 0 Å². The number of amides is 1. The standard InChI is InChI=1S/C16H17N3O2S/c17-6-12-13(11(9-1-2-9)3-4-14(12)18)7-19-16(21)15-5-10(20)8-22-15/h3-6,8-9,17,20H,1-2,7,18H2,(H,19,21). The van der Waals surface area contributed by atoms with E-state index in [0.29, 0.717) is 28.6 Å². The van der Waals surface area contributed by atoms with Crippen LogP contribution in [0, 0.1) is 5.41 Å². The Balaban J connectivity index is 1.83. The Hall–Kier alpha value is -2.34. The van der Waals surface area contributed by atoms with Crippen molar-refractivity contribution in [2.75, 3.05) is 5.73 Å². The van der Waals surface area contributed by atoms with Crippen molar-refractivity contribution in [2.24, 2.45) is 0 Å². The molecule has 1 heterocycles. The van der Waals surface area contributed by atoms with Crippen LogP contribution >= 0.6 is 11.3 Å². The second-order valence-electron chi connectivity index (χ2n) is 5.41. The number of nitrogens with one attached hydrogen (secondary N) is 2. The van der Waals surface area contributed by atoms with Gasteiger partial charge in [-0.1, -0.05) is 6.07 Å². The Bertz CT molecular complexity index is 735. The molecule has 1 aliphatic rings. The van der Waals surface area contributed by atoms with E-state index in [1.165, 1.54) is 34.6 Å². The zero-order valence-electron chi connectivity index (χ0n) is 11.9. The highest BCUT2D eigenvalue weighted by Gasteiger charge is 2.27. The van der Waals surface area contributed by atoms with Gasteiger partial charge in [-0.3, -0.25) is 4.79 Å². The Morgan fingerprint density at radius 1 is 1.50 bits per heavy atom. The van der Waals surface area contributed by atoms with Crippen LogP contribution in [0.5, 0.6) is 5.75 Å². The maximum Gasteiger partial charge on any atom is 0.261 e. The first-order valence-corrected chi connectivity index (χ1v) is 7.95. The Morgan fingerprint density at radius 3 is 2.86 bits per heavy atom. The van der Waals surface area contributed by atoms with Crippen molar-refractivity contribution in [3.63, 3.8) is 0 Å². The van der Waals surface area contributed by atoms with Crippen molar-refractivity contribution in [3.8, 4) is 5.75 Å². The third-order valence-corrected chi connectivity index (χ3v) is 4.74. The van der Waals surface area contributed by atoms with Gasteiger partial charge in [0.25, 0.3) is 5.91 Å². The number of nitrogen functional groups attached to an aromatic ring is 1. The molecule has 5 nitrogen and oxygen atoms in total. The van der Waals surface area contributed by atoms with Gasteiger partial charge in [0, 0.05) is 35.5 Å². The van der Waals surface area contributed by atoms with Gasteiger partial charge < -0.3 is 21.6 Å². The molecule has 1 amide bonds. The average molecular weight is 315 g/mol. The monoisotopic (exact) mass is 315 g/mol. The third-order valence-electron chi connectivity index (χ3n) is 3.82. The highest BCUT2D eigenvalue weighted by Crippen LogP contribution is 2.43. The number of hydrogen-bond donors (Lipinski definition) is 4. The summed E-state index contributed by atoms with van der Waals surface area (Å²) >= 11 is 1.20. The highest BCUT2D eigenvalue weighted by atomic mass is 32.1. The van der Waals surface area contributed by atoms with Gasteiger partial charge in [0.05, 0.1) is 4.88 Å². The number of hydrogen-bond acceptors (Lipinski definition) is 5. The molecule has 1 aromatic carbocycles. The third kappa shape index (κ3) is 2.82. The molecule has 1 saturated carbocycles. The number of benzene rings is 1. The molecule has 114 valence electrons. The average Bonchev–Trinajstić information content (AvgIpc) is 3.25. The number of thiophene rings is 1. The van der Waals surface area contributed by atoms with Gasteiger partial charge in [-0.15, -0.1) is 11.3 Å². The zero-order chi connectivity index (χ0) is 15.7. The summed E-state index contributed by atoms with van der Waals surface area (Å²) in [7, 11) is 0. The topological polar surface area (TPSA) is 99.2 Å². The number of carbonyl (C=O) groups is 1. The zero-order valence-corrected chi connectivity index (χ0v) is 12.7. The molecule has 0 saturated heterocycles. The molecule has 6 heteroatoms. The first-order valence-electron chi connectivity index (χ1n) is 7.07. The minimum absolute atomic E-state index is 0.0953. The minimum atomic E-state index is -0.231. The molecule has 22 heavy (non-hydrogen) atoms. The summed E-state index contributed by atoms with van der Waals surface area (Å²) in [6.07, 6.45) is 3.53. The number of aromatic hydroxyl groups is 1. The molecular formula is C16H17N3O2S. The Labute approximate surface area is 132 Å².